The third-order valence-electron chi connectivity index (χ3n) is 3.03. The molecule has 1 atom stereocenters. The first-order chi connectivity index (χ1) is 8.25. The lowest BCUT2D eigenvalue weighted by molar-refractivity contribution is 0.493. The Morgan fingerprint density at radius 1 is 1.29 bits per heavy atom. The Kier molecular flexibility index (Phi) is 2.31. The van der Waals surface area contributed by atoms with Crippen LogP contribution in [0.25, 0.3) is 0 Å². The quantitative estimate of drug-likeness (QED) is 0.823. The highest BCUT2D eigenvalue weighted by molar-refractivity contribution is 5.34. The van der Waals surface area contributed by atoms with Crippen molar-refractivity contribution in [1.82, 2.24) is 9.55 Å². The number of imidazole rings is 1. The molecule has 1 aliphatic heterocycles. The van der Waals surface area contributed by atoms with Crippen molar-refractivity contribution < 1.29 is 8.78 Å². The Morgan fingerprint density at radius 3 is 3.00 bits per heavy atom. The maximum atomic E-state index is 13.2. The zero-order valence-electron chi connectivity index (χ0n) is 9.03. The first kappa shape index (κ1) is 10.3. The SMILES string of the molecule is Fc1ccc(C2CCNc3nccn32)cc1F. The number of halogens is 2. The zero-order chi connectivity index (χ0) is 11.8. The van der Waals surface area contributed by atoms with Gasteiger partial charge in [0.25, 0.3) is 0 Å². The standard InChI is InChI=1S/C12H11F2N3/c13-9-2-1-8(7-10(9)14)11-3-4-15-12-16-5-6-17(11)12/h1-2,5-7,11H,3-4H2,(H,15,16). The summed E-state index contributed by atoms with van der Waals surface area (Å²) in [6.07, 6.45) is 4.36. The molecule has 2 aromatic rings. The van der Waals surface area contributed by atoms with Crippen molar-refractivity contribution in [3.63, 3.8) is 0 Å². The van der Waals surface area contributed by atoms with Gasteiger partial charge in [0.05, 0.1) is 6.04 Å². The topological polar surface area (TPSA) is 29.9 Å². The lowest BCUT2D eigenvalue weighted by atomic mass is 10.0. The third-order valence-corrected chi connectivity index (χ3v) is 3.03. The van der Waals surface area contributed by atoms with Crippen LogP contribution in [0.1, 0.15) is 18.0 Å². The molecule has 1 aliphatic rings. The number of anilines is 1. The summed E-state index contributed by atoms with van der Waals surface area (Å²) in [6.45, 7) is 0.778. The maximum Gasteiger partial charge on any atom is 0.203 e. The third kappa shape index (κ3) is 1.67. The van der Waals surface area contributed by atoms with Crippen molar-refractivity contribution in [3.8, 4) is 0 Å². The van der Waals surface area contributed by atoms with Crippen LogP contribution in [-0.4, -0.2) is 16.1 Å². The predicted octanol–water partition coefficient (Wildman–Crippen LogP) is 2.57. The lowest BCUT2D eigenvalue weighted by Gasteiger charge is -2.26. The van der Waals surface area contributed by atoms with E-state index in [1.807, 2.05) is 10.8 Å². The summed E-state index contributed by atoms with van der Waals surface area (Å²) in [4.78, 5) is 4.16. The van der Waals surface area contributed by atoms with E-state index in [4.69, 9.17) is 0 Å². The van der Waals surface area contributed by atoms with E-state index in [1.54, 1.807) is 12.3 Å². The molecule has 0 fully saturated rings. The molecule has 1 aromatic heterocycles. The number of benzene rings is 1. The van der Waals surface area contributed by atoms with Crippen LogP contribution in [0.2, 0.25) is 0 Å². The molecule has 1 unspecified atom stereocenters. The summed E-state index contributed by atoms with van der Waals surface area (Å²) in [5.41, 5.74) is 0.768. The van der Waals surface area contributed by atoms with Crippen LogP contribution in [0, 0.1) is 11.6 Å². The first-order valence-electron chi connectivity index (χ1n) is 5.47. The summed E-state index contributed by atoms with van der Waals surface area (Å²) in [5, 5.41) is 3.15. The van der Waals surface area contributed by atoms with Crippen LogP contribution in [0.3, 0.4) is 0 Å². The number of nitrogens with zero attached hydrogens (tertiary/aromatic N) is 2. The fourth-order valence-corrected chi connectivity index (χ4v) is 2.21. The van der Waals surface area contributed by atoms with Gasteiger partial charge in [0.15, 0.2) is 11.6 Å². The molecule has 0 amide bonds. The van der Waals surface area contributed by atoms with Crippen molar-refractivity contribution in [1.29, 1.82) is 0 Å². The summed E-state index contributed by atoms with van der Waals surface area (Å²) in [5.74, 6) is -0.845. The van der Waals surface area contributed by atoms with E-state index in [2.05, 4.69) is 10.3 Å². The Labute approximate surface area is 97.1 Å². The predicted molar refractivity (Wildman–Crippen MR) is 59.8 cm³/mol. The van der Waals surface area contributed by atoms with Gasteiger partial charge in [-0.25, -0.2) is 13.8 Å². The molecule has 3 nitrogen and oxygen atoms in total. The smallest absolute Gasteiger partial charge is 0.203 e. The molecular weight excluding hydrogens is 224 g/mol. The Hall–Kier alpha value is -1.91. The average Bonchev–Trinajstić information content (AvgIpc) is 2.80. The molecule has 0 bridgehead atoms. The summed E-state index contributed by atoms with van der Waals surface area (Å²) in [7, 11) is 0. The summed E-state index contributed by atoms with van der Waals surface area (Å²) < 4.78 is 28.1. The Morgan fingerprint density at radius 2 is 2.18 bits per heavy atom. The molecule has 0 radical (unpaired) electrons. The van der Waals surface area contributed by atoms with Crippen LogP contribution in [0.15, 0.2) is 30.6 Å². The second kappa shape index (κ2) is 3.84. The van der Waals surface area contributed by atoms with Gasteiger partial charge in [0, 0.05) is 18.9 Å². The molecule has 1 aromatic carbocycles. The zero-order valence-corrected chi connectivity index (χ0v) is 9.03. The van der Waals surface area contributed by atoms with Crippen LogP contribution < -0.4 is 5.32 Å². The molecule has 3 rings (SSSR count). The van der Waals surface area contributed by atoms with Crippen molar-refractivity contribution >= 4 is 5.95 Å². The minimum atomic E-state index is -0.812. The van der Waals surface area contributed by atoms with E-state index in [-0.39, 0.29) is 6.04 Å². The highest BCUT2D eigenvalue weighted by atomic mass is 19.2. The number of hydrogen-bond acceptors (Lipinski definition) is 2. The van der Waals surface area contributed by atoms with Gasteiger partial charge in [-0.15, -0.1) is 0 Å². The molecule has 0 saturated carbocycles. The Bertz CT molecular complexity index is 550. The molecule has 1 N–H and O–H groups in total. The van der Waals surface area contributed by atoms with Gasteiger partial charge in [-0.3, -0.25) is 0 Å². The van der Waals surface area contributed by atoms with Crippen LogP contribution in [-0.2, 0) is 0 Å². The van der Waals surface area contributed by atoms with Gasteiger partial charge in [0.2, 0.25) is 5.95 Å². The molecule has 17 heavy (non-hydrogen) atoms. The van der Waals surface area contributed by atoms with Gasteiger partial charge in [-0.05, 0) is 24.1 Å². The van der Waals surface area contributed by atoms with Gasteiger partial charge < -0.3 is 9.88 Å². The van der Waals surface area contributed by atoms with Gasteiger partial charge in [-0.1, -0.05) is 6.07 Å². The number of fused-ring (bicyclic) bond motifs is 1. The van der Waals surface area contributed by atoms with E-state index in [0.29, 0.717) is 0 Å². The van der Waals surface area contributed by atoms with Crippen molar-refractivity contribution in [2.45, 2.75) is 12.5 Å². The Balaban J connectivity index is 2.03. The largest absolute Gasteiger partial charge is 0.356 e. The normalized spacial score (nSPS) is 18.6. The van der Waals surface area contributed by atoms with Crippen molar-refractivity contribution in [2.24, 2.45) is 0 Å². The second-order valence-electron chi connectivity index (χ2n) is 4.06. The fourth-order valence-electron chi connectivity index (χ4n) is 2.21. The number of hydrogen-bond donors (Lipinski definition) is 1. The highest BCUT2D eigenvalue weighted by Gasteiger charge is 2.21. The molecular formula is C12H11F2N3. The van der Waals surface area contributed by atoms with Gasteiger partial charge >= 0.3 is 0 Å². The highest BCUT2D eigenvalue weighted by Crippen LogP contribution is 2.29. The number of aromatic nitrogens is 2. The van der Waals surface area contributed by atoms with Crippen LogP contribution in [0.5, 0.6) is 0 Å². The lowest BCUT2D eigenvalue weighted by Crippen LogP contribution is -2.23. The van der Waals surface area contributed by atoms with E-state index < -0.39 is 11.6 Å². The summed E-state index contributed by atoms with van der Waals surface area (Å²) in [6, 6.07) is 4.07. The van der Waals surface area contributed by atoms with Crippen LogP contribution in [0.4, 0.5) is 14.7 Å². The van der Waals surface area contributed by atoms with Crippen LogP contribution >= 0.6 is 0 Å². The number of rotatable bonds is 1. The van der Waals surface area contributed by atoms with E-state index in [0.717, 1.165) is 24.5 Å². The van der Waals surface area contributed by atoms with Gasteiger partial charge in [-0.2, -0.15) is 0 Å². The molecule has 0 spiro atoms. The van der Waals surface area contributed by atoms with E-state index in [9.17, 15) is 8.78 Å². The second-order valence-corrected chi connectivity index (χ2v) is 4.06. The van der Waals surface area contributed by atoms with E-state index in [1.165, 1.54) is 12.1 Å². The molecule has 2 heterocycles. The molecule has 5 heteroatoms. The van der Waals surface area contributed by atoms with Crippen molar-refractivity contribution in [2.75, 3.05) is 11.9 Å². The first-order valence-corrected chi connectivity index (χ1v) is 5.47. The molecule has 0 saturated heterocycles. The monoisotopic (exact) mass is 235 g/mol. The average molecular weight is 235 g/mol. The number of nitrogens with one attached hydrogen (secondary N) is 1. The molecule has 88 valence electrons. The van der Waals surface area contributed by atoms with Crippen molar-refractivity contribution in [3.05, 3.63) is 47.8 Å². The molecule has 0 aliphatic carbocycles. The minimum absolute atomic E-state index is 0.0175. The van der Waals surface area contributed by atoms with E-state index >= 15 is 0 Å². The van der Waals surface area contributed by atoms with Gasteiger partial charge in [0.1, 0.15) is 0 Å². The fraction of sp³-hybridized carbons (Fsp3) is 0.250. The summed E-state index contributed by atoms with van der Waals surface area (Å²) >= 11 is 0. The maximum absolute atomic E-state index is 13.2. The minimum Gasteiger partial charge on any atom is -0.356 e.